The van der Waals surface area contributed by atoms with Crippen molar-refractivity contribution in [2.75, 3.05) is 46.9 Å². The van der Waals surface area contributed by atoms with Crippen LogP contribution in [0.3, 0.4) is 0 Å². The molecule has 0 aromatic rings. The third-order valence-electron chi connectivity index (χ3n) is 6.25. The van der Waals surface area contributed by atoms with Gasteiger partial charge >= 0.3 is 5.97 Å². The van der Waals surface area contributed by atoms with Crippen molar-refractivity contribution in [2.24, 2.45) is 0 Å². The van der Waals surface area contributed by atoms with Crippen molar-refractivity contribution in [1.82, 2.24) is 9.80 Å². The van der Waals surface area contributed by atoms with Crippen molar-refractivity contribution < 1.29 is 9.53 Å². The van der Waals surface area contributed by atoms with Crippen LogP contribution in [0.15, 0.2) is 0 Å². The van der Waals surface area contributed by atoms with E-state index in [0.717, 1.165) is 32.1 Å². The summed E-state index contributed by atoms with van der Waals surface area (Å²) in [5, 5.41) is 0. The maximum atomic E-state index is 11.9. The first-order valence-corrected chi connectivity index (χ1v) is 14.6. The molecule has 4 heteroatoms. The number of nitrogens with zero attached hydrogens (tertiary/aromatic N) is 2. The van der Waals surface area contributed by atoms with Gasteiger partial charge in [0.05, 0.1) is 6.61 Å². The second kappa shape index (κ2) is 26.6. The molecule has 0 bridgehead atoms. The highest BCUT2D eigenvalue weighted by atomic mass is 16.5. The monoisotopic (exact) mass is 478 g/mol. The van der Waals surface area contributed by atoms with Gasteiger partial charge in [0.1, 0.15) is 0 Å². The Labute approximate surface area is 213 Å². The molecule has 0 rings (SSSR count). The summed E-state index contributed by atoms with van der Waals surface area (Å²) in [6.45, 7) is 9.87. The van der Waals surface area contributed by atoms with E-state index in [1.807, 2.05) is 0 Å². The van der Waals surface area contributed by atoms with E-state index in [4.69, 9.17) is 4.74 Å². The SMILES string of the molecule is CCCCC#CCCCOC(=O)CCCCCCCN(CCCCCCCC)CCCN(C)C. The molecule has 0 amide bonds. The summed E-state index contributed by atoms with van der Waals surface area (Å²) in [6, 6.07) is 0. The van der Waals surface area contributed by atoms with Gasteiger partial charge in [-0.25, -0.2) is 0 Å². The molecule has 0 aliphatic rings. The number of esters is 1. The van der Waals surface area contributed by atoms with Crippen LogP contribution in [0.4, 0.5) is 0 Å². The molecule has 0 spiro atoms. The number of unbranched alkanes of at least 4 members (excludes halogenated alkanes) is 12. The summed E-state index contributed by atoms with van der Waals surface area (Å²) in [5.41, 5.74) is 0. The van der Waals surface area contributed by atoms with Crippen molar-refractivity contribution in [3.8, 4) is 11.8 Å². The van der Waals surface area contributed by atoms with Crippen LogP contribution in [0.2, 0.25) is 0 Å². The zero-order chi connectivity index (χ0) is 25.1. The van der Waals surface area contributed by atoms with E-state index in [1.165, 1.54) is 103 Å². The Morgan fingerprint density at radius 2 is 1.15 bits per heavy atom. The molecular formula is C30H58N2O2. The first kappa shape index (κ1) is 33.0. The van der Waals surface area contributed by atoms with Gasteiger partial charge in [-0.1, -0.05) is 71.6 Å². The third kappa shape index (κ3) is 25.6. The van der Waals surface area contributed by atoms with E-state index >= 15 is 0 Å². The lowest BCUT2D eigenvalue weighted by atomic mass is 10.1. The molecule has 200 valence electrons. The summed E-state index contributed by atoms with van der Waals surface area (Å²) >= 11 is 0. The highest BCUT2D eigenvalue weighted by Crippen LogP contribution is 2.10. The second-order valence-corrected chi connectivity index (χ2v) is 10.1. The maximum Gasteiger partial charge on any atom is 0.305 e. The average Bonchev–Trinajstić information content (AvgIpc) is 2.81. The van der Waals surface area contributed by atoms with Crippen LogP contribution in [0.25, 0.3) is 0 Å². The average molecular weight is 479 g/mol. The van der Waals surface area contributed by atoms with Crippen molar-refractivity contribution in [3.05, 3.63) is 0 Å². The predicted molar refractivity (Wildman–Crippen MR) is 148 cm³/mol. The molecule has 0 aromatic carbocycles. The molecule has 0 N–H and O–H groups in total. The van der Waals surface area contributed by atoms with Crippen molar-refractivity contribution in [1.29, 1.82) is 0 Å². The highest BCUT2D eigenvalue weighted by molar-refractivity contribution is 5.69. The molecule has 0 aliphatic heterocycles. The van der Waals surface area contributed by atoms with Gasteiger partial charge in [-0.05, 0) is 78.8 Å². The Bertz CT molecular complexity index is 496. The van der Waals surface area contributed by atoms with Crippen molar-refractivity contribution in [2.45, 2.75) is 129 Å². The smallest absolute Gasteiger partial charge is 0.305 e. The normalized spacial score (nSPS) is 11.1. The quantitative estimate of drug-likeness (QED) is 0.0819. The molecule has 0 aromatic heterocycles. The zero-order valence-electron chi connectivity index (χ0n) is 23.5. The van der Waals surface area contributed by atoms with Gasteiger partial charge < -0.3 is 14.5 Å². The summed E-state index contributed by atoms with van der Waals surface area (Å²) in [5.74, 6) is 6.30. The molecule has 0 saturated heterocycles. The zero-order valence-corrected chi connectivity index (χ0v) is 23.5. The molecule has 0 fully saturated rings. The van der Waals surface area contributed by atoms with E-state index < -0.39 is 0 Å². The van der Waals surface area contributed by atoms with Gasteiger partial charge in [-0.15, -0.1) is 11.8 Å². The van der Waals surface area contributed by atoms with E-state index in [0.29, 0.717) is 13.0 Å². The number of hydrogen-bond acceptors (Lipinski definition) is 4. The summed E-state index contributed by atoms with van der Waals surface area (Å²) in [4.78, 5) is 16.8. The largest absolute Gasteiger partial charge is 0.466 e. The fourth-order valence-corrected chi connectivity index (χ4v) is 4.06. The predicted octanol–water partition coefficient (Wildman–Crippen LogP) is 7.46. The first-order valence-electron chi connectivity index (χ1n) is 14.6. The third-order valence-corrected chi connectivity index (χ3v) is 6.25. The van der Waals surface area contributed by atoms with Crippen LogP contribution in [-0.2, 0) is 9.53 Å². The molecule has 34 heavy (non-hydrogen) atoms. The Morgan fingerprint density at radius 1 is 0.618 bits per heavy atom. The Balaban J connectivity index is 3.75. The van der Waals surface area contributed by atoms with Crippen LogP contribution >= 0.6 is 0 Å². The molecule has 0 unspecified atom stereocenters. The van der Waals surface area contributed by atoms with Gasteiger partial charge in [-0.2, -0.15) is 0 Å². The molecule has 4 nitrogen and oxygen atoms in total. The fourth-order valence-electron chi connectivity index (χ4n) is 4.06. The number of carbonyl (C=O) groups excluding carboxylic acids is 1. The lowest BCUT2D eigenvalue weighted by molar-refractivity contribution is -0.143. The van der Waals surface area contributed by atoms with E-state index in [-0.39, 0.29) is 5.97 Å². The molecular weight excluding hydrogens is 420 g/mol. The fraction of sp³-hybridized carbons (Fsp3) is 0.900. The topological polar surface area (TPSA) is 32.8 Å². The number of ether oxygens (including phenoxy) is 1. The maximum absolute atomic E-state index is 11.9. The second-order valence-electron chi connectivity index (χ2n) is 10.1. The minimum absolute atomic E-state index is 0.0371. The molecule has 0 radical (unpaired) electrons. The number of hydrogen-bond donors (Lipinski definition) is 0. The van der Waals surface area contributed by atoms with Gasteiger partial charge in [0.25, 0.3) is 0 Å². The minimum Gasteiger partial charge on any atom is -0.466 e. The van der Waals surface area contributed by atoms with Gasteiger partial charge in [0, 0.05) is 19.3 Å². The lowest BCUT2D eigenvalue weighted by Gasteiger charge is -2.23. The molecule has 0 atom stereocenters. The summed E-state index contributed by atoms with van der Waals surface area (Å²) < 4.78 is 5.33. The van der Waals surface area contributed by atoms with Gasteiger partial charge in [0.15, 0.2) is 0 Å². The lowest BCUT2D eigenvalue weighted by Crippen LogP contribution is -2.29. The van der Waals surface area contributed by atoms with Crippen LogP contribution in [0.5, 0.6) is 0 Å². The van der Waals surface area contributed by atoms with Gasteiger partial charge in [0.2, 0.25) is 0 Å². The van der Waals surface area contributed by atoms with E-state index in [2.05, 4.69) is 49.6 Å². The first-order chi connectivity index (χ1) is 16.6. The van der Waals surface area contributed by atoms with Crippen LogP contribution < -0.4 is 0 Å². The Morgan fingerprint density at radius 3 is 1.76 bits per heavy atom. The number of rotatable bonds is 24. The van der Waals surface area contributed by atoms with Crippen LogP contribution in [-0.4, -0.2) is 62.7 Å². The number of carbonyl (C=O) groups is 1. The minimum atomic E-state index is -0.0371. The van der Waals surface area contributed by atoms with Gasteiger partial charge in [-0.3, -0.25) is 4.79 Å². The van der Waals surface area contributed by atoms with E-state index in [9.17, 15) is 4.79 Å². The van der Waals surface area contributed by atoms with Crippen molar-refractivity contribution >= 4 is 5.97 Å². The van der Waals surface area contributed by atoms with E-state index in [1.54, 1.807) is 0 Å². The Kier molecular flexibility index (Phi) is 25.7. The van der Waals surface area contributed by atoms with Crippen molar-refractivity contribution in [3.63, 3.8) is 0 Å². The van der Waals surface area contributed by atoms with Crippen LogP contribution in [0.1, 0.15) is 129 Å². The highest BCUT2D eigenvalue weighted by Gasteiger charge is 2.06. The summed E-state index contributed by atoms with van der Waals surface area (Å²) in [7, 11) is 4.33. The molecule has 0 heterocycles. The molecule has 0 aliphatic carbocycles. The summed E-state index contributed by atoms with van der Waals surface area (Å²) in [6.07, 6.45) is 21.0. The standard InChI is InChI=1S/C30H58N2O2/c1-5-7-9-11-13-18-22-29-34-30(33)24-19-15-14-17-21-27-32(28-23-25-31(3)4)26-20-16-12-10-8-6-2/h5-10,12,14-29H2,1-4H3. The molecule has 0 saturated carbocycles. The van der Waals surface area contributed by atoms with Crippen LogP contribution in [0, 0.1) is 11.8 Å². The Hall–Kier alpha value is -1.05.